The number of rotatable bonds is 4. The van der Waals surface area contributed by atoms with E-state index in [1.807, 2.05) is 36.7 Å². The molecule has 5 rings (SSSR count). The summed E-state index contributed by atoms with van der Waals surface area (Å²) in [4.78, 5) is 26.6. The fraction of sp³-hybridized carbons (Fsp3) is 0.346. The van der Waals surface area contributed by atoms with E-state index >= 15 is 0 Å². The van der Waals surface area contributed by atoms with Crippen molar-refractivity contribution in [2.24, 2.45) is 0 Å². The SMILES string of the molecule is Cc1nc(-c2cc(C=O)c(C)c(N3CCC(c4ccn5c(Cl)ncc5c4)CC3)c2C)c(C)[nH]1. The molecule has 7 heteroatoms. The summed E-state index contributed by atoms with van der Waals surface area (Å²) in [6.07, 6.45) is 6.90. The lowest BCUT2D eigenvalue weighted by molar-refractivity contribution is 0.112. The monoisotopic (exact) mass is 461 g/mol. The molecule has 1 aliphatic rings. The van der Waals surface area contributed by atoms with Gasteiger partial charge in [0.2, 0.25) is 5.28 Å². The number of imidazole rings is 2. The summed E-state index contributed by atoms with van der Waals surface area (Å²) in [6.45, 7) is 10.1. The van der Waals surface area contributed by atoms with Gasteiger partial charge in [-0.05, 0) is 92.9 Å². The third-order valence-electron chi connectivity index (χ3n) is 7.03. The number of carbonyl (C=O) groups is 1. The Morgan fingerprint density at radius 2 is 1.88 bits per heavy atom. The van der Waals surface area contributed by atoms with Crippen LogP contribution in [0.3, 0.4) is 0 Å². The van der Waals surface area contributed by atoms with Crippen LogP contribution in [0, 0.1) is 27.7 Å². The second-order valence-electron chi connectivity index (χ2n) is 9.07. The van der Waals surface area contributed by atoms with Crippen LogP contribution >= 0.6 is 11.6 Å². The number of aromatic amines is 1. The van der Waals surface area contributed by atoms with Crippen molar-refractivity contribution >= 4 is 29.1 Å². The summed E-state index contributed by atoms with van der Waals surface area (Å²) >= 11 is 6.13. The van der Waals surface area contributed by atoms with Crippen LogP contribution in [0.4, 0.5) is 5.69 Å². The van der Waals surface area contributed by atoms with Gasteiger partial charge in [0.05, 0.1) is 17.4 Å². The molecule has 0 unspecified atom stereocenters. The van der Waals surface area contributed by atoms with E-state index in [4.69, 9.17) is 16.6 Å². The molecule has 0 atom stereocenters. The standard InChI is InChI=1S/C26H28ClN5O/c1-15-21(14-33)12-23(24-17(3)29-18(4)30-24)16(2)25(15)31-8-5-19(6-9-31)20-7-10-32-22(11-20)13-28-26(32)27/h7,10-14,19H,5-6,8-9H2,1-4H3,(H,29,30). The minimum absolute atomic E-state index is 0.491. The molecule has 1 aromatic carbocycles. The van der Waals surface area contributed by atoms with Gasteiger partial charge in [0.1, 0.15) is 12.1 Å². The Morgan fingerprint density at radius 1 is 1.12 bits per heavy atom. The van der Waals surface area contributed by atoms with Crippen molar-refractivity contribution in [1.29, 1.82) is 0 Å². The highest BCUT2D eigenvalue weighted by molar-refractivity contribution is 6.28. The molecule has 0 radical (unpaired) electrons. The molecule has 3 aromatic heterocycles. The topological polar surface area (TPSA) is 66.3 Å². The molecule has 0 saturated carbocycles. The maximum Gasteiger partial charge on any atom is 0.207 e. The van der Waals surface area contributed by atoms with Gasteiger partial charge in [0, 0.05) is 41.8 Å². The Labute approximate surface area is 198 Å². The molecular formula is C26H28ClN5O. The number of piperidine rings is 1. The van der Waals surface area contributed by atoms with E-state index in [0.29, 0.717) is 11.2 Å². The number of aryl methyl sites for hydroxylation is 2. The number of fused-ring (bicyclic) bond motifs is 1. The normalized spacial score (nSPS) is 14.9. The number of anilines is 1. The number of nitrogens with zero attached hydrogens (tertiary/aromatic N) is 4. The highest BCUT2D eigenvalue weighted by atomic mass is 35.5. The summed E-state index contributed by atoms with van der Waals surface area (Å²) in [5.74, 6) is 1.37. The zero-order valence-electron chi connectivity index (χ0n) is 19.4. The number of hydrogen-bond acceptors (Lipinski definition) is 4. The number of benzene rings is 1. The van der Waals surface area contributed by atoms with E-state index in [1.54, 1.807) is 0 Å². The summed E-state index contributed by atoms with van der Waals surface area (Å²) in [7, 11) is 0. The van der Waals surface area contributed by atoms with Crippen LogP contribution in [0.25, 0.3) is 16.8 Å². The van der Waals surface area contributed by atoms with Crippen LogP contribution in [0.5, 0.6) is 0 Å². The lowest BCUT2D eigenvalue weighted by Gasteiger charge is -2.36. The van der Waals surface area contributed by atoms with E-state index in [0.717, 1.165) is 71.6 Å². The molecule has 0 bridgehead atoms. The predicted octanol–water partition coefficient (Wildman–Crippen LogP) is 5.81. The van der Waals surface area contributed by atoms with Crippen LogP contribution in [-0.4, -0.2) is 38.7 Å². The lowest BCUT2D eigenvalue weighted by atomic mass is 9.88. The van der Waals surface area contributed by atoms with Gasteiger partial charge in [-0.25, -0.2) is 9.97 Å². The van der Waals surface area contributed by atoms with Gasteiger partial charge in [0.25, 0.3) is 0 Å². The average molecular weight is 462 g/mol. The van der Waals surface area contributed by atoms with Gasteiger partial charge in [-0.2, -0.15) is 0 Å². The number of hydrogen-bond donors (Lipinski definition) is 1. The molecule has 0 spiro atoms. The van der Waals surface area contributed by atoms with E-state index in [2.05, 4.69) is 40.8 Å². The Hall–Kier alpha value is -3.12. The molecule has 4 heterocycles. The minimum atomic E-state index is 0.491. The quantitative estimate of drug-likeness (QED) is 0.389. The number of pyridine rings is 1. The first-order valence-electron chi connectivity index (χ1n) is 11.4. The van der Waals surface area contributed by atoms with Crippen molar-refractivity contribution in [3.63, 3.8) is 0 Å². The molecule has 0 aliphatic carbocycles. The van der Waals surface area contributed by atoms with Gasteiger partial charge >= 0.3 is 0 Å². The first kappa shape index (κ1) is 21.7. The maximum absolute atomic E-state index is 11.9. The highest BCUT2D eigenvalue weighted by Gasteiger charge is 2.26. The molecule has 170 valence electrons. The van der Waals surface area contributed by atoms with Crippen LogP contribution in [0.1, 0.15) is 57.3 Å². The molecule has 1 N–H and O–H groups in total. The molecule has 1 saturated heterocycles. The van der Waals surface area contributed by atoms with E-state index < -0.39 is 0 Å². The van der Waals surface area contributed by atoms with Crippen LogP contribution < -0.4 is 4.90 Å². The van der Waals surface area contributed by atoms with E-state index in [-0.39, 0.29) is 0 Å². The van der Waals surface area contributed by atoms with Crippen LogP contribution in [0.2, 0.25) is 5.28 Å². The number of halogens is 1. The van der Waals surface area contributed by atoms with Crippen molar-refractivity contribution in [3.8, 4) is 11.3 Å². The van der Waals surface area contributed by atoms with E-state index in [9.17, 15) is 4.79 Å². The molecule has 1 aliphatic heterocycles. The third kappa shape index (κ3) is 3.72. The zero-order chi connectivity index (χ0) is 23.3. The lowest BCUT2D eigenvalue weighted by Crippen LogP contribution is -2.34. The molecular weight excluding hydrogens is 434 g/mol. The number of aromatic nitrogens is 4. The van der Waals surface area contributed by atoms with Gasteiger partial charge < -0.3 is 9.88 Å². The predicted molar refractivity (Wildman–Crippen MR) is 133 cm³/mol. The summed E-state index contributed by atoms with van der Waals surface area (Å²) in [6, 6.07) is 6.34. The van der Waals surface area contributed by atoms with Gasteiger partial charge in [0.15, 0.2) is 0 Å². The average Bonchev–Trinajstić information content (AvgIpc) is 3.35. The first-order chi connectivity index (χ1) is 15.9. The van der Waals surface area contributed by atoms with Crippen LogP contribution in [-0.2, 0) is 0 Å². The van der Waals surface area contributed by atoms with Gasteiger partial charge in [-0.3, -0.25) is 9.20 Å². The molecule has 4 aromatic rings. The number of aldehydes is 1. The molecule has 0 amide bonds. The molecule has 1 fully saturated rings. The number of nitrogens with one attached hydrogen (secondary N) is 1. The second-order valence-corrected chi connectivity index (χ2v) is 9.41. The van der Waals surface area contributed by atoms with Crippen molar-refractivity contribution in [2.75, 3.05) is 18.0 Å². The smallest absolute Gasteiger partial charge is 0.207 e. The zero-order valence-corrected chi connectivity index (χ0v) is 20.2. The van der Waals surface area contributed by atoms with Crippen molar-refractivity contribution in [1.82, 2.24) is 19.4 Å². The first-order valence-corrected chi connectivity index (χ1v) is 11.8. The summed E-state index contributed by atoms with van der Waals surface area (Å²) < 4.78 is 1.90. The van der Waals surface area contributed by atoms with Gasteiger partial charge in [-0.1, -0.05) is 0 Å². The second kappa shape index (κ2) is 8.34. The molecule has 6 nitrogen and oxygen atoms in total. The number of carbonyl (C=O) groups excluding carboxylic acids is 1. The Kier molecular flexibility index (Phi) is 5.49. The summed E-state index contributed by atoms with van der Waals surface area (Å²) in [5.41, 5.74) is 9.48. The molecule has 33 heavy (non-hydrogen) atoms. The minimum Gasteiger partial charge on any atom is -0.371 e. The van der Waals surface area contributed by atoms with Gasteiger partial charge in [-0.15, -0.1) is 0 Å². The van der Waals surface area contributed by atoms with Crippen molar-refractivity contribution < 1.29 is 4.79 Å². The Balaban J connectivity index is 1.45. The van der Waals surface area contributed by atoms with Crippen molar-refractivity contribution in [2.45, 2.75) is 46.5 Å². The summed E-state index contributed by atoms with van der Waals surface area (Å²) in [5, 5.41) is 0.491. The van der Waals surface area contributed by atoms with Crippen molar-refractivity contribution in [3.05, 3.63) is 69.6 Å². The number of H-pyrrole nitrogens is 1. The highest BCUT2D eigenvalue weighted by Crippen LogP contribution is 2.39. The fourth-order valence-electron chi connectivity index (χ4n) is 5.31. The van der Waals surface area contributed by atoms with Crippen LogP contribution in [0.15, 0.2) is 30.6 Å². The Bertz CT molecular complexity index is 1360. The maximum atomic E-state index is 11.9. The van der Waals surface area contributed by atoms with E-state index in [1.165, 1.54) is 16.8 Å². The fourth-order valence-corrected chi connectivity index (χ4v) is 5.51. The largest absolute Gasteiger partial charge is 0.371 e. The third-order valence-corrected chi connectivity index (χ3v) is 7.31. The Morgan fingerprint density at radius 3 is 2.55 bits per heavy atom.